The van der Waals surface area contributed by atoms with E-state index in [1.165, 1.54) is 109 Å². The minimum atomic E-state index is -4.50. The lowest BCUT2D eigenvalue weighted by Gasteiger charge is -2.07. The molecule has 0 amide bonds. The van der Waals surface area contributed by atoms with Crippen LogP contribution in [0.4, 0.5) is 0 Å². The van der Waals surface area contributed by atoms with E-state index < -0.39 is 10.4 Å². The lowest BCUT2D eigenvalue weighted by molar-refractivity contribution is 0.255. The number of rotatable bonds is 22. The molecule has 0 saturated carbocycles. The zero-order valence-electron chi connectivity index (χ0n) is 19.4. The average molecular weight is 442 g/mol. The van der Waals surface area contributed by atoms with Crippen LogP contribution in [0.3, 0.4) is 0 Å². The molecule has 6 nitrogen and oxygen atoms in total. The van der Waals surface area contributed by atoms with Crippen molar-refractivity contribution >= 4 is 10.4 Å². The van der Waals surface area contributed by atoms with Crippen molar-refractivity contribution in [1.29, 1.82) is 0 Å². The van der Waals surface area contributed by atoms with Crippen LogP contribution in [0.25, 0.3) is 0 Å². The molecular formula is C22H51NO5S. The van der Waals surface area contributed by atoms with Gasteiger partial charge in [0.2, 0.25) is 10.4 Å². The van der Waals surface area contributed by atoms with Crippen LogP contribution in [0.1, 0.15) is 135 Å². The van der Waals surface area contributed by atoms with Crippen molar-refractivity contribution in [3.8, 4) is 0 Å². The molecular weight excluding hydrogens is 390 g/mol. The second-order valence-corrected chi connectivity index (χ2v) is 9.00. The second kappa shape index (κ2) is 25.8. The maximum Gasteiger partial charge on any atom is 0.217 e. The van der Waals surface area contributed by atoms with Crippen LogP contribution in [-0.4, -0.2) is 25.1 Å². The molecule has 0 aromatic rings. The predicted molar refractivity (Wildman–Crippen MR) is 123 cm³/mol. The lowest BCUT2D eigenvalue weighted by atomic mass is 10.0. The van der Waals surface area contributed by atoms with Crippen molar-refractivity contribution in [1.82, 2.24) is 6.15 Å². The van der Waals surface area contributed by atoms with Crippen LogP contribution in [0.2, 0.25) is 0 Å². The molecule has 0 aromatic heterocycles. The third-order valence-corrected chi connectivity index (χ3v) is 5.68. The van der Waals surface area contributed by atoms with E-state index in [1.54, 1.807) is 0 Å². The number of hydrogen-bond donors (Lipinski definition) is 1. The van der Waals surface area contributed by atoms with Gasteiger partial charge in [-0.15, -0.1) is 0 Å². The van der Waals surface area contributed by atoms with Crippen molar-refractivity contribution in [2.75, 3.05) is 6.61 Å². The van der Waals surface area contributed by atoms with Gasteiger partial charge in [0.15, 0.2) is 0 Å². The lowest BCUT2D eigenvalue weighted by Crippen LogP contribution is -2.05. The molecule has 0 atom stereocenters. The summed E-state index contributed by atoms with van der Waals surface area (Å²) in [5.41, 5.74) is 0. The highest BCUT2D eigenvalue weighted by atomic mass is 32.3. The highest BCUT2D eigenvalue weighted by Crippen LogP contribution is 2.14. The van der Waals surface area contributed by atoms with Gasteiger partial charge >= 0.3 is 0 Å². The van der Waals surface area contributed by atoms with Crippen LogP contribution in [0, 0.1) is 0 Å². The molecule has 0 aromatic carbocycles. The minimum absolute atomic E-state index is 0. The van der Waals surface area contributed by atoms with Crippen LogP contribution in [0.5, 0.6) is 0 Å². The van der Waals surface area contributed by atoms with Crippen LogP contribution in [-0.2, 0) is 14.6 Å². The monoisotopic (exact) mass is 441 g/mol. The van der Waals surface area contributed by atoms with Gasteiger partial charge in [-0.2, -0.15) is 0 Å². The summed E-state index contributed by atoms with van der Waals surface area (Å²) in [6.45, 7) is 2.31. The van der Waals surface area contributed by atoms with Gasteiger partial charge in [-0.25, -0.2) is 8.42 Å². The first-order valence-electron chi connectivity index (χ1n) is 11.7. The Morgan fingerprint density at radius 3 is 1.03 bits per heavy atom. The van der Waals surface area contributed by atoms with Crippen molar-refractivity contribution in [3.63, 3.8) is 0 Å². The summed E-state index contributed by atoms with van der Waals surface area (Å²) in [5, 5.41) is 0. The third kappa shape index (κ3) is 32.7. The Bertz CT molecular complexity index is 391. The van der Waals surface area contributed by atoms with E-state index in [9.17, 15) is 13.0 Å². The minimum Gasteiger partial charge on any atom is -0.726 e. The second-order valence-electron chi connectivity index (χ2n) is 7.95. The summed E-state index contributed by atoms with van der Waals surface area (Å²) in [5.74, 6) is 0. The van der Waals surface area contributed by atoms with E-state index in [1.807, 2.05) is 0 Å². The molecule has 0 aliphatic carbocycles. The van der Waals surface area contributed by atoms with Crippen LogP contribution >= 0.6 is 0 Å². The fraction of sp³-hybridized carbons (Fsp3) is 1.00. The van der Waals surface area contributed by atoms with Gasteiger partial charge in [-0.1, -0.05) is 129 Å². The van der Waals surface area contributed by atoms with Crippen molar-refractivity contribution in [2.24, 2.45) is 0 Å². The topological polar surface area (TPSA) is 134 Å². The molecule has 180 valence electrons. The number of quaternary nitrogens is 1. The van der Waals surface area contributed by atoms with Gasteiger partial charge in [-0.05, 0) is 6.42 Å². The Balaban J connectivity index is -0.00000338. The molecule has 0 rings (SSSR count). The molecule has 0 spiro atoms. The molecule has 0 bridgehead atoms. The maximum atomic E-state index is 10.3. The van der Waals surface area contributed by atoms with Crippen LogP contribution in [0.15, 0.2) is 0 Å². The molecule has 0 aliphatic rings. The fourth-order valence-electron chi connectivity index (χ4n) is 3.52. The molecule has 29 heavy (non-hydrogen) atoms. The van der Waals surface area contributed by atoms with E-state index in [4.69, 9.17) is 0 Å². The Morgan fingerprint density at radius 1 is 0.552 bits per heavy atom. The quantitative estimate of drug-likeness (QED) is 0.112. The highest BCUT2D eigenvalue weighted by molar-refractivity contribution is 7.80. The van der Waals surface area contributed by atoms with Gasteiger partial charge in [-0.3, -0.25) is 4.18 Å². The van der Waals surface area contributed by atoms with E-state index in [0.717, 1.165) is 12.8 Å². The smallest absolute Gasteiger partial charge is 0.217 e. The summed E-state index contributed by atoms with van der Waals surface area (Å²) in [7, 11) is -4.50. The molecule has 0 fully saturated rings. The van der Waals surface area contributed by atoms with Crippen molar-refractivity contribution in [3.05, 3.63) is 0 Å². The summed E-state index contributed by atoms with van der Waals surface area (Å²) in [4.78, 5) is 0. The largest absolute Gasteiger partial charge is 0.726 e. The van der Waals surface area contributed by atoms with Crippen molar-refractivity contribution < 1.29 is 22.6 Å². The summed E-state index contributed by atoms with van der Waals surface area (Å²) >= 11 is 0. The molecule has 6 N–H and O–H groups in total. The van der Waals surface area contributed by atoms with Gasteiger partial charge in [0.05, 0.1) is 6.61 Å². The maximum absolute atomic E-state index is 10.3. The zero-order valence-corrected chi connectivity index (χ0v) is 20.2. The summed E-state index contributed by atoms with van der Waals surface area (Å²) in [6, 6.07) is 0. The Kier molecular flexibility index (Phi) is 29.8. The number of hydrogen-bond acceptors (Lipinski definition) is 4. The first kappa shape index (κ1) is 33.4. The third-order valence-electron chi connectivity index (χ3n) is 5.23. The fourth-order valence-corrected chi connectivity index (χ4v) is 3.84. The van der Waals surface area contributed by atoms with Gasteiger partial charge in [0.1, 0.15) is 0 Å². The standard InChI is InChI=1S/C22H46O4S.H3N.H2O/c1-2-3-4-5-6-7-8-9-10-11-12-13-14-15-16-17-18-19-20-21-22-26-27(23,24)25;;/h2-22H2,1H3,(H,23,24,25);1H3;1H2. The Morgan fingerprint density at radius 2 is 0.793 bits per heavy atom. The Labute approximate surface area is 181 Å². The molecule has 0 heterocycles. The van der Waals surface area contributed by atoms with E-state index in [-0.39, 0.29) is 18.2 Å². The van der Waals surface area contributed by atoms with Crippen LogP contribution < -0.4 is 6.15 Å². The molecule has 0 saturated heterocycles. The van der Waals surface area contributed by atoms with Gasteiger partial charge < -0.3 is 16.2 Å². The Hall–Kier alpha value is -0.210. The molecule has 7 heteroatoms. The zero-order chi connectivity index (χ0) is 20.1. The predicted octanol–water partition coefficient (Wildman–Crippen LogP) is 6.84. The summed E-state index contributed by atoms with van der Waals surface area (Å²) in [6.07, 6.45) is 26.2. The van der Waals surface area contributed by atoms with Gasteiger partial charge in [0, 0.05) is 0 Å². The highest BCUT2D eigenvalue weighted by Gasteiger charge is 1.97. The van der Waals surface area contributed by atoms with E-state index in [0.29, 0.717) is 6.42 Å². The van der Waals surface area contributed by atoms with Crippen molar-refractivity contribution in [2.45, 2.75) is 135 Å². The average Bonchev–Trinajstić information content (AvgIpc) is 2.62. The normalized spacial score (nSPS) is 11.1. The molecule has 0 radical (unpaired) electrons. The first-order chi connectivity index (χ1) is 13.1. The van der Waals surface area contributed by atoms with Gasteiger partial charge in [0.25, 0.3) is 0 Å². The van der Waals surface area contributed by atoms with E-state index >= 15 is 0 Å². The van der Waals surface area contributed by atoms with E-state index in [2.05, 4.69) is 11.1 Å². The molecule has 0 aliphatic heterocycles. The molecule has 0 unspecified atom stereocenters. The first-order valence-corrected chi connectivity index (χ1v) is 13.0. The number of unbranched alkanes of at least 4 members (excludes halogenated alkanes) is 19. The summed E-state index contributed by atoms with van der Waals surface area (Å²) < 4.78 is 34.9. The SMILES string of the molecule is CCCCCCCCCCCCCCCCCCCCCCOS(=O)(=O)[O-].O.[NH4+].